The number of amides is 1. The van der Waals surface area contributed by atoms with E-state index in [1.807, 2.05) is 67.6 Å². The van der Waals surface area contributed by atoms with Gasteiger partial charge in [0.1, 0.15) is 0 Å². The second-order valence-electron chi connectivity index (χ2n) is 4.65. The highest BCUT2D eigenvalue weighted by Gasteiger charge is 2.22. The summed E-state index contributed by atoms with van der Waals surface area (Å²) in [6.45, 7) is 1.86. The Labute approximate surface area is 120 Å². The van der Waals surface area contributed by atoms with Crippen LogP contribution in [0.25, 0.3) is 0 Å². The molecule has 2 rings (SSSR count). The fraction of sp³-hybridized carbons (Fsp3) is 0.167. The van der Waals surface area contributed by atoms with E-state index in [9.17, 15) is 4.79 Å². The van der Waals surface area contributed by atoms with Crippen molar-refractivity contribution < 1.29 is 4.79 Å². The number of hydrogen-bond acceptors (Lipinski definition) is 1. The smallest absolute Gasteiger partial charge is 0.235 e. The minimum absolute atomic E-state index is 0.0142. The largest absolute Gasteiger partial charge is 0.281 e. The molecule has 0 N–H and O–H groups in total. The number of nitrogens with zero attached hydrogens (tertiary/aromatic N) is 1. The molecule has 2 aromatic carbocycles. The van der Waals surface area contributed by atoms with Crippen molar-refractivity contribution in [1.29, 1.82) is 0 Å². The normalized spacial score (nSPS) is 11.4. The van der Waals surface area contributed by atoms with Crippen molar-refractivity contribution in [2.24, 2.45) is 5.92 Å². The first-order chi connectivity index (χ1) is 9.74. The molecule has 2 aromatic rings. The van der Waals surface area contributed by atoms with Gasteiger partial charge in [-0.2, -0.15) is 0 Å². The quantitative estimate of drug-likeness (QED) is 0.763. The Morgan fingerprint density at radius 1 is 1.05 bits per heavy atom. The van der Waals surface area contributed by atoms with Gasteiger partial charge in [0, 0.05) is 23.7 Å². The maximum atomic E-state index is 12.7. The standard InChI is InChI=1S/C18H17NO/c1-3-10-15(2)18(20)19(16-11-6-4-7-12-16)17-13-8-5-9-14-17/h1,4-9,11-15H,10H2,2H3/t15-/m0/s1. The van der Waals surface area contributed by atoms with Crippen LogP contribution < -0.4 is 4.90 Å². The zero-order valence-electron chi connectivity index (χ0n) is 11.5. The predicted molar refractivity (Wildman–Crippen MR) is 82.6 cm³/mol. The Hall–Kier alpha value is -2.53. The van der Waals surface area contributed by atoms with Crippen LogP contribution in [0.5, 0.6) is 0 Å². The molecule has 2 heteroatoms. The van der Waals surface area contributed by atoms with E-state index in [0.717, 1.165) is 11.4 Å². The fourth-order valence-corrected chi connectivity index (χ4v) is 2.04. The highest BCUT2D eigenvalue weighted by Crippen LogP contribution is 2.27. The summed E-state index contributed by atoms with van der Waals surface area (Å²) in [5, 5.41) is 0. The summed E-state index contributed by atoms with van der Waals surface area (Å²) in [6, 6.07) is 19.2. The van der Waals surface area contributed by atoms with Crippen LogP contribution >= 0.6 is 0 Å². The van der Waals surface area contributed by atoms with Gasteiger partial charge in [0.2, 0.25) is 5.91 Å². The van der Waals surface area contributed by atoms with Crippen LogP contribution in [0.2, 0.25) is 0 Å². The number of para-hydroxylation sites is 2. The van der Waals surface area contributed by atoms with Crippen LogP contribution in [0.4, 0.5) is 11.4 Å². The van der Waals surface area contributed by atoms with Gasteiger partial charge in [-0.25, -0.2) is 0 Å². The highest BCUT2D eigenvalue weighted by atomic mass is 16.2. The molecule has 2 nitrogen and oxygen atoms in total. The van der Waals surface area contributed by atoms with Crippen molar-refractivity contribution in [3.63, 3.8) is 0 Å². The molecule has 0 aromatic heterocycles. The lowest BCUT2D eigenvalue weighted by atomic mass is 10.1. The molecule has 0 bridgehead atoms. The SMILES string of the molecule is C#CC[C@H](C)C(=O)N(c1ccccc1)c1ccccc1. The van der Waals surface area contributed by atoms with E-state index in [4.69, 9.17) is 6.42 Å². The van der Waals surface area contributed by atoms with Crippen molar-refractivity contribution in [2.45, 2.75) is 13.3 Å². The van der Waals surface area contributed by atoms with Gasteiger partial charge >= 0.3 is 0 Å². The molecule has 0 aliphatic heterocycles. The van der Waals surface area contributed by atoms with Gasteiger partial charge in [0.25, 0.3) is 0 Å². The topological polar surface area (TPSA) is 20.3 Å². The molecule has 0 heterocycles. The molecular weight excluding hydrogens is 246 g/mol. The molecule has 1 atom stereocenters. The van der Waals surface area contributed by atoms with Crippen molar-refractivity contribution >= 4 is 17.3 Å². The Morgan fingerprint density at radius 2 is 1.50 bits per heavy atom. The van der Waals surface area contributed by atoms with Gasteiger partial charge in [0.05, 0.1) is 0 Å². The van der Waals surface area contributed by atoms with Crippen LogP contribution in [0.15, 0.2) is 60.7 Å². The fourth-order valence-electron chi connectivity index (χ4n) is 2.04. The lowest BCUT2D eigenvalue weighted by Gasteiger charge is -2.25. The summed E-state index contributed by atoms with van der Waals surface area (Å²) >= 11 is 0. The Morgan fingerprint density at radius 3 is 1.90 bits per heavy atom. The first-order valence-corrected chi connectivity index (χ1v) is 6.61. The van der Waals surface area contributed by atoms with Crippen molar-refractivity contribution in [2.75, 3.05) is 4.90 Å². The van der Waals surface area contributed by atoms with Gasteiger partial charge in [-0.15, -0.1) is 12.3 Å². The van der Waals surface area contributed by atoms with Crippen LogP contribution in [-0.4, -0.2) is 5.91 Å². The van der Waals surface area contributed by atoms with Crippen LogP contribution in [-0.2, 0) is 4.79 Å². The number of terminal acetylenes is 1. The molecule has 0 saturated carbocycles. The molecular formula is C18H17NO. The Kier molecular flexibility index (Phi) is 4.57. The van der Waals surface area contributed by atoms with Crippen LogP contribution in [0.1, 0.15) is 13.3 Å². The summed E-state index contributed by atoms with van der Waals surface area (Å²) in [5.41, 5.74) is 1.71. The molecule has 0 unspecified atom stereocenters. The number of rotatable bonds is 4. The van der Waals surface area contributed by atoms with E-state index in [1.54, 1.807) is 4.90 Å². The van der Waals surface area contributed by atoms with E-state index in [1.165, 1.54) is 0 Å². The number of carbonyl (C=O) groups excluding carboxylic acids is 1. The maximum absolute atomic E-state index is 12.7. The third-order valence-corrected chi connectivity index (χ3v) is 3.09. The Bertz CT molecular complexity index is 559. The summed E-state index contributed by atoms with van der Waals surface area (Å²) in [7, 11) is 0. The summed E-state index contributed by atoms with van der Waals surface area (Å²) in [6.07, 6.45) is 5.76. The third-order valence-electron chi connectivity index (χ3n) is 3.09. The summed E-state index contributed by atoms with van der Waals surface area (Å²) in [4.78, 5) is 14.4. The average Bonchev–Trinajstić information content (AvgIpc) is 2.50. The first-order valence-electron chi connectivity index (χ1n) is 6.61. The molecule has 0 spiro atoms. The van der Waals surface area contributed by atoms with Crippen LogP contribution in [0.3, 0.4) is 0 Å². The molecule has 20 heavy (non-hydrogen) atoms. The van der Waals surface area contributed by atoms with Crippen molar-refractivity contribution in [1.82, 2.24) is 0 Å². The van der Waals surface area contributed by atoms with Gasteiger partial charge in [-0.3, -0.25) is 9.69 Å². The molecule has 100 valence electrons. The highest BCUT2D eigenvalue weighted by molar-refractivity contribution is 6.01. The van der Waals surface area contributed by atoms with Gasteiger partial charge < -0.3 is 0 Å². The maximum Gasteiger partial charge on any atom is 0.235 e. The lowest BCUT2D eigenvalue weighted by molar-refractivity contribution is -0.121. The number of benzene rings is 2. The van der Waals surface area contributed by atoms with Crippen LogP contribution in [0, 0.1) is 18.3 Å². The molecule has 0 fully saturated rings. The van der Waals surface area contributed by atoms with E-state index in [0.29, 0.717) is 6.42 Å². The van der Waals surface area contributed by atoms with Crippen molar-refractivity contribution in [3.05, 3.63) is 60.7 Å². The van der Waals surface area contributed by atoms with E-state index in [2.05, 4.69) is 5.92 Å². The second kappa shape index (κ2) is 6.58. The summed E-state index contributed by atoms with van der Waals surface area (Å²) < 4.78 is 0. The molecule has 1 amide bonds. The number of carbonyl (C=O) groups is 1. The number of anilines is 2. The third kappa shape index (κ3) is 3.07. The van der Waals surface area contributed by atoms with E-state index < -0.39 is 0 Å². The molecule has 0 aliphatic carbocycles. The Balaban J connectivity index is 2.41. The molecule has 0 radical (unpaired) electrons. The minimum Gasteiger partial charge on any atom is -0.281 e. The second-order valence-corrected chi connectivity index (χ2v) is 4.65. The lowest BCUT2D eigenvalue weighted by Crippen LogP contribution is -2.31. The van der Waals surface area contributed by atoms with E-state index in [-0.39, 0.29) is 11.8 Å². The predicted octanol–water partition coefficient (Wildman–Crippen LogP) is 4.01. The van der Waals surface area contributed by atoms with Gasteiger partial charge in [-0.05, 0) is 24.3 Å². The van der Waals surface area contributed by atoms with Crippen molar-refractivity contribution in [3.8, 4) is 12.3 Å². The van der Waals surface area contributed by atoms with Gasteiger partial charge in [-0.1, -0.05) is 43.3 Å². The molecule has 0 aliphatic rings. The zero-order chi connectivity index (χ0) is 14.4. The number of hydrogen-bond donors (Lipinski definition) is 0. The average molecular weight is 263 g/mol. The molecule has 0 saturated heterocycles. The minimum atomic E-state index is -0.208. The summed E-state index contributed by atoms with van der Waals surface area (Å²) in [5.74, 6) is 2.36. The zero-order valence-corrected chi connectivity index (χ0v) is 11.5. The first kappa shape index (κ1) is 13.9. The monoisotopic (exact) mass is 263 g/mol. The van der Waals surface area contributed by atoms with Gasteiger partial charge in [0.15, 0.2) is 0 Å². The van der Waals surface area contributed by atoms with E-state index >= 15 is 0 Å².